The van der Waals surface area contributed by atoms with Gasteiger partial charge in [0.15, 0.2) is 6.10 Å². The standard InChI is InChI=1S/C18H25N3O5.ClH/c1-13-5-3-4-6-15(13)26-14(2)18(25)21-9-7-20(8-10-21)12-16(22)19-11-17(23)24;/h3-6,14H,7-12H2,1-2H3,(H,19,22)(H,23,24);1H. The lowest BCUT2D eigenvalue weighted by Gasteiger charge is -2.35. The van der Waals surface area contributed by atoms with Gasteiger partial charge in [0.25, 0.3) is 5.91 Å². The van der Waals surface area contributed by atoms with E-state index in [1.165, 1.54) is 0 Å². The monoisotopic (exact) mass is 399 g/mol. The molecule has 1 saturated heterocycles. The van der Waals surface area contributed by atoms with Crippen LogP contribution in [0, 0.1) is 6.92 Å². The summed E-state index contributed by atoms with van der Waals surface area (Å²) in [4.78, 5) is 38.3. The molecule has 1 unspecified atom stereocenters. The first-order valence-corrected chi connectivity index (χ1v) is 8.58. The highest BCUT2D eigenvalue weighted by atomic mass is 35.5. The number of carbonyl (C=O) groups is 3. The SMILES string of the molecule is Cc1ccccc1OC(C)C(=O)N1CCN(CC(=O)NCC(=O)O)CC1.Cl. The fraction of sp³-hybridized carbons (Fsp3) is 0.500. The number of aryl methyl sites for hydroxylation is 1. The average molecular weight is 400 g/mol. The Labute approximate surface area is 164 Å². The van der Waals surface area contributed by atoms with Crippen molar-refractivity contribution in [1.29, 1.82) is 0 Å². The van der Waals surface area contributed by atoms with E-state index in [9.17, 15) is 14.4 Å². The van der Waals surface area contributed by atoms with Crippen molar-refractivity contribution in [1.82, 2.24) is 15.1 Å². The van der Waals surface area contributed by atoms with Gasteiger partial charge < -0.3 is 20.1 Å². The number of hydrogen-bond acceptors (Lipinski definition) is 5. The number of para-hydroxylation sites is 1. The van der Waals surface area contributed by atoms with Crippen LogP contribution in [-0.2, 0) is 14.4 Å². The van der Waals surface area contributed by atoms with Gasteiger partial charge >= 0.3 is 5.97 Å². The van der Waals surface area contributed by atoms with Gasteiger partial charge in [-0.1, -0.05) is 18.2 Å². The lowest BCUT2D eigenvalue weighted by atomic mass is 10.2. The van der Waals surface area contributed by atoms with Gasteiger partial charge in [-0.3, -0.25) is 19.3 Å². The maximum Gasteiger partial charge on any atom is 0.322 e. The van der Waals surface area contributed by atoms with Crippen molar-refractivity contribution in [3.63, 3.8) is 0 Å². The normalized spacial score (nSPS) is 15.4. The van der Waals surface area contributed by atoms with Crippen LogP contribution >= 0.6 is 12.4 Å². The Morgan fingerprint density at radius 3 is 2.41 bits per heavy atom. The first-order chi connectivity index (χ1) is 12.4. The van der Waals surface area contributed by atoms with Crippen LogP contribution in [-0.4, -0.2) is 78.1 Å². The van der Waals surface area contributed by atoms with Crippen molar-refractivity contribution >= 4 is 30.2 Å². The molecule has 1 fully saturated rings. The molecule has 0 aliphatic carbocycles. The number of halogens is 1. The number of hydrogen-bond donors (Lipinski definition) is 2. The minimum absolute atomic E-state index is 0. The van der Waals surface area contributed by atoms with Crippen LogP contribution in [0.2, 0.25) is 0 Å². The lowest BCUT2D eigenvalue weighted by Crippen LogP contribution is -2.53. The van der Waals surface area contributed by atoms with E-state index in [1.807, 2.05) is 36.1 Å². The Balaban J connectivity index is 0.00000364. The van der Waals surface area contributed by atoms with Crippen LogP contribution in [0.5, 0.6) is 5.75 Å². The van der Waals surface area contributed by atoms with Gasteiger partial charge in [-0.25, -0.2) is 0 Å². The van der Waals surface area contributed by atoms with Crippen molar-refractivity contribution in [3.8, 4) is 5.75 Å². The largest absolute Gasteiger partial charge is 0.481 e. The third kappa shape index (κ3) is 7.07. The van der Waals surface area contributed by atoms with Gasteiger partial charge in [0.1, 0.15) is 12.3 Å². The quantitative estimate of drug-likeness (QED) is 0.693. The highest BCUT2D eigenvalue weighted by Crippen LogP contribution is 2.18. The Morgan fingerprint density at radius 2 is 1.81 bits per heavy atom. The number of ether oxygens (including phenoxy) is 1. The molecule has 2 amide bonds. The summed E-state index contributed by atoms with van der Waals surface area (Å²) in [6, 6.07) is 7.56. The third-order valence-corrected chi connectivity index (χ3v) is 4.23. The summed E-state index contributed by atoms with van der Waals surface area (Å²) in [7, 11) is 0. The fourth-order valence-electron chi connectivity index (χ4n) is 2.75. The summed E-state index contributed by atoms with van der Waals surface area (Å²) in [6.07, 6.45) is -0.582. The molecule has 1 aromatic carbocycles. The molecule has 27 heavy (non-hydrogen) atoms. The van der Waals surface area contributed by atoms with Crippen LogP contribution in [0.4, 0.5) is 0 Å². The molecule has 0 spiro atoms. The van der Waals surface area contributed by atoms with E-state index >= 15 is 0 Å². The zero-order valence-corrected chi connectivity index (χ0v) is 16.3. The number of benzene rings is 1. The smallest absolute Gasteiger partial charge is 0.322 e. The first-order valence-electron chi connectivity index (χ1n) is 8.58. The number of carboxylic acid groups (broad SMARTS) is 1. The van der Waals surface area contributed by atoms with Crippen LogP contribution in [0.3, 0.4) is 0 Å². The number of amides is 2. The number of carboxylic acids is 1. The second-order valence-electron chi connectivity index (χ2n) is 6.30. The van der Waals surface area contributed by atoms with E-state index in [-0.39, 0.29) is 37.3 Å². The Morgan fingerprint density at radius 1 is 1.19 bits per heavy atom. The number of nitrogens with zero attached hydrogens (tertiary/aromatic N) is 2. The number of rotatable bonds is 7. The highest BCUT2D eigenvalue weighted by molar-refractivity contribution is 5.85. The topological polar surface area (TPSA) is 99.2 Å². The lowest BCUT2D eigenvalue weighted by molar-refractivity contribution is -0.140. The zero-order chi connectivity index (χ0) is 19.1. The van der Waals surface area contributed by atoms with E-state index in [0.717, 1.165) is 5.56 Å². The van der Waals surface area contributed by atoms with E-state index in [0.29, 0.717) is 31.9 Å². The van der Waals surface area contributed by atoms with Crippen LogP contribution in [0.1, 0.15) is 12.5 Å². The zero-order valence-electron chi connectivity index (χ0n) is 15.5. The molecular formula is C18H26ClN3O5. The van der Waals surface area contributed by atoms with E-state index in [1.54, 1.807) is 11.8 Å². The molecule has 0 radical (unpaired) electrons. The van der Waals surface area contributed by atoms with Crippen LogP contribution < -0.4 is 10.1 Å². The molecule has 1 aliphatic rings. The molecule has 2 rings (SSSR count). The summed E-state index contributed by atoms with van der Waals surface area (Å²) in [6.45, 7) is 5.54. The molecule has 1 atom stereocenters. The molecule has 1 aliphatic heterocycles. The molecule has 1 aromatic rings. The van der Waals surface area contributed by atoms with Crippen molar-refractivity contribution in [2.24, 2.45) is 0 Å². The molecule has 0 aromatic heterocycles. The molecule has 9 heteroatoms. The highest BCUT2D eigenvalue weighted by Gasteiger charge is 2.27. The van der Waals surface area contributed by atoms with E-state index in [2.05, 4.69) is 5.32 Å². The molecule has 0 saturated carbocycles. The van der Waals surface area contributed by atoms with Gasteiger partial charge in [0, 0.05) is 26.2 Å². The van der Waals surface area contributed by atoms with Gasteiger partial charge in [-0.15, -0.1) is 12.4 Å². The maximum absolute atomic E-state index is 12.6. The minimum Gasteiger partial charge on any atom is -0.481 e. The fourth-order valence-corrected chi connectivity index (χ4v) is 2.75. The number of nitrogens with one attached hydrogen (secondary N) is 1. The third-order valence-electron chi connectivity index (χ3n) is 4.23. The van der Waals surface area contributed by atoms with Crippen LogP contribution in [0.25, 0.3) is 0 Å². The Hall–Kier alpha value is -2.32. The van der Waals surface area contributed by atoms with Crippen molar-refractivity contribution < 1.29 is 24.2 Å². The number of carbonyl (C=O) groups excluding carboxylic acids is 2. The summed E-state index contributed by atoms with van der Waals surface area (Å²) in [5.41, 5.74) is 0.976. The summed E-state index contributed by atoms with van der Waals surface area (Å²) < 4.78 is 5.78. The van der Waals surface area contributed by atoms with Crippen molar-refractivity contribution in [2.45, 2.75) is 20.0 Å². The minimum atomic E-state index is -1.07. The molecule has 0 bridgehead atoms. The summed E-state index contributed by atoms with van der Waals surface area (Å²) in [5, 5.41) is 10.9. The molecule has 150 valence electrons. The van der Waals surface area contributed by atoms with E-state index in [4.69, 9.17) is 9.84 Å². The van der Waals surface area contributed by atoms with E-state index < -0.39 is 12.1 Å². The number of piperazine rings is 1. The average Bonchev–Trinajstić information content (AvgIpc) is 2.62. The van der Waals surface area contributed by atoms with Gasteiger partial charge in [-0.05, 0) is 25.5 Å². The predicted octanol–water partition coefficient (Wildman–Crippen LogP) is 0.529. The Bertz CT molecular complexity index is 662. The van der Waals surface area contributed by atoms with Crippen molar-refractivity contribution in [3.05, 3.63) is 29.8 Å². The maximum atomic E-state index is 12.6. The number of aliphatic carboxylic acids is 1. The van der Waals surface area contributed by atoms with Gasteiger partial charge in [-0.2, -0.15) is 0 Å². The van der Waals surface area contributed by atoms with Crippen LogP contribution in [0.15, 0.2) is 24.3 Å². The molecule has 2 N–H and O–H groups in total. The van der Waals surface area contributed by atoms with Crippen molar-refractivity contribution in [2.75, 3.05) is 39.3 Å². The summed E-state index contributed by atoms with van der Waals surface area (Å²) >= 11 is 0. The molecule has 8 nitrogen and oxygen atoms in total. The second kappa shape index (κ2) is 10.7. The predicted molar refractivity (Wildman–Crippen MR) is 102 cm³/mol. The second-order valence-corrected chi connectivity index (χ2v) is 6.30. The molecular weight excluding hydrogens is 374 g/mol. The molecule has 1 heterocycles. The van der Waals surface area contributed by atoms with Gasteiger partial charge in [0.05, 0.1) is 6.54 Å². The Kier molecular flexibility index (Phi) is 9.04. The summed E-state index contributed by atoms with van der Waals surface area (Å²) in [5.74, 6) is -0.787. The first kappa shape index (κ1) is 22.7. The van der Waals surface area contributed by atoms with Gasteiger partial charge in [0.2, 0.25) is 5.91 Å².